The highest BCUT2D eigenvalue weighted by Gasteiger charge is 2.12. The second-order valence-corrected chi connectivity index (χ2v) is 7.65. The Kier molecular flexibility index (Phi) is 6.32. The van der Waals surface area contributed by atoms with E-state index in [1.807, 2.05) is 54.1 Å². The van der Waals surface area contributed by atoms with Crippen LogP contribution in [0.5, 0.6) is 11.5 Å². The predicted molar refractivity (Wildman–Crippen MR) is 119 cm³/mol. The molecule has 0 unspecified atom stereocenters. The smallest absolute Gasteiger partial charge is 0.262 e. The molecule has 31 heavy (non-hydrogen) atoms. The van der Waals surface area contributed by atoms with E-state index in [1.165, 1.54) is 18.9 Å². The SMILES string of the molecule is COc1cnc(CSc2nncn2C)cc1OCC(=O)Nc1cccc2ccccc12. The van der Waals surface area contributed by atoms with Gasteiger partial charge in [0.05, 0.1) is 19.0 Å². The molecule has 0 bridgehead atoms. The van der Waals surface area contributed by atoms with Crippen molar-refractivity contribution < 1.29 is 14.3 Å². The number of rotatable bonds is 8. The minimum absolute atomic E-state index is 0.153. The van der Waals surface area contributed by atoms with Crippen LogP contribution in [0, 0.1) is 0 Å². The molecule has 2 aromatic carbocycles. The van der Waals surface area contributed by atoms with Crippen molar-refractivity contribution >= 4 is 34.1 Å². The Morgan fingerprint density at radius 3 is 2.81 bits per heavy atom. The molecule has 1 amide bonds. The molecule has 0 fully saturated rings. The summed E-state index contributed by atoms with van der Waals surface area (Å²) in [5.41, 5.74) is 1.52. The molecular weight excluding hydrogens is 414 g/mol. The van der Waals surface area contributed by atoms with E-state index in [0.29, 0.717) is 17.3 Å². The molecule has 1 N–H and O–H groups in total. The fourth-order valence-electron chi connectivity index (χ4n) is 3.02. The minimum Gasteiger partial charge on any atom is -0.491 e. The number of carbonyl (C=O) groups is 1. The largest absolute Gasteiger partial charge is 0.491 e. The number of benzene rings is 2. The van der Waals surface area contributed by atoms with Gasteiger partial charge in [0.1, 0.15) is 6.33 Å². The summed E-state index contributed by atoms with van der Waals surface area (Å²) in [4.78, 5) is 16.9. The molecule has 0 saturated heterocycles. The van der Waals surface area contributed by atoms with Gasteiger partial charge in [-0.1, -0.05) is 48.2 Å². The number of hydrogen-bond donors (Lipinski definition) is 1. The van der Waals surface area contributed by atoms with Gasteiger partial charge in [0, 0.05) is 29.9 Å². The number of hydrogen-bond acceptors (Lipinski definition) is 7. The molecule has 0 aliphatic carbocycles. The summed E-state index contributed by atoms with van der Waals surface area (Å²) in [7, 11) is 3.42. The summed E-state index contributed by atoms with van der Waals surface area (Å²) in [6.07, 6.45) is 3.23. The number of anilines is 1. The Bertz CT molecular complexity index is 1210. The molecule has 2 heterocycles. The molecule has 0 saturated carbocycles. The number of methoxy groups -OCH3 is 1. The van der Waals surface area contributed by atoms with Gasteiger partial charge in [-0.15, -0.1) is 10.2 Å². The Balaban J connectivity index is 1.41. The van der Waals surface area contributed by atoms with Crippen LogP contribution >= 0.6 is 11.8 Å². The van der Waals surface area contributed by atoms with E-state index in [1.54, 1.807) is 18.6 Å². The van der Waals surface area contributed by atoms with Gasteiger partial charge in [0.25, 0.3) is 5.91 Å². The van der Waals surface area contributed by atoms with Gasteiger partial charge in [-0.3, -0.25) is 9.78 Å². The number of nitrogens with zero attached hydrogens (tertiary/aromatic N) is 4. The standard InChI is InChI=1S/C22H21N5O3S/c1-27-14-24-26-22(27)31-13-16-10-19(20(29-2)11-23-16)30-12-21(28)25-18-9-5-7-15-6-3-4-8-17(15)18/h3-11,14H,12-13H2,1-2H3,(H,25,28). The van der Waals surface area contributed by atoms with Crippen LogP contribution in [0.4, 0.5) is 5.69 Å². The van der Waals surface area contributed by atoms with Crippen LogP contribution in [0.3, 0.4) is 0 Å². The maximum absolute atomic E-state index is 12.5. The zero-order valence-corrected chi connectivity index (χ0v) is 17.9. The number of fused-ring (bicyclic) bond motifs is 1. The molecule has 8 nitrogen and oxygen atoms in total. The van der Waals surface area contributed by atoms with Crippen LogP contribution in [0.15, 0.2) is 66.2 Å². The number of aryl methyl sites for hydroxylation is 1. The number of ether oxygens (including phenoxy) is 2. The number of nitrogens with one attached hydrogen (secondary N) is 1. The fraction of sp³-hybridized carbons (Fsp3) is 0.182. The van der Waals surface area contributed by atoms with Crippen molar-refractivity contribution in [2.45, 2.75) is 10.9 Å². The molecular formula is C22H21N5O3S. The van der Waals surface area contributed by atoms with E-state index in [4.69, 9.17) is 9.47 Å². The topological polar surface area (TPSA) is 91.2 Å². The molecule has 9 heteroatoms. The third-order valence-corrected chi connectivity index (χ3v) is 5.62. The van der Waals surface area contributed by atoms with Crippen molar-refractivity contribution in [3.8, 4) is 11.5 Å². The molecule has 0 radical (unpaired) electrons. The van der Waals surface area contributed by atoms with Crippen molar-refractivity contribution in [3.05, 3.63) is 66.7 Å². The lowest BCUT2D eigenvalue weighted by Gasteiger charge is -2.13. The quantitative estimate of drug-likeness (QED) is 0.422. The van der Waals surface area contributed by atoms with Gasteiger partial charge in [-0.25, -0.2) is 0 Å². The van der Waals surface area contributed by atoms with Gasteiger partial charge in [0.15, 0.2) is 23.3 Å². The second kappa shape index (κ2) is 9.48. The normalized spacial score (nSPS) is 10.8. The summed E-state index contributed by atoms with van der Waals surface area (Å²) in [6, 6.07) is 15.4. The summed E-state index contributed by atoms with van der Waals surface area (Å²) in [6.45, 7) is -0.153. The Hall–Kier alpha value is -3.59. The summed E-state index contributed by atoms with van der Waals surface area (Å²) >= 11 is 1.51. The zero-order chi connectivity index (χ0) is 21.6. The molecule has 4 rings (SSSR count). The monoisotopic (exact) mass is 435 g/mol. The molecule has 4 aromatic rings. The fourth-order valence-corrected chi connectivity index (χ4v) is 3.81. The molecule has 0 atom stereocenters. The van der Waals surface area contributed by atoms with Gasteiger partial charge >= 0.3 is 0 Å². The van der Waals surface area contributed by atoms with Gasteiger partial charge < -0.3 is 19.4 Å². The highest BCUT2D eigenvalue weighted by atomic mass is 32.2. The number of thioether (sulfide) groups is 1. The predicted octanol–water partition coefficient (Wildman–Crippen LogP) is 3.68. The lowest BCUT2D eigenvalue weighted by atomic mass is 10.1. The van der Waals surface area contributed by atoms with Crippen LogP contribution in [0.25, 0.3) is 10.8 Å². The minimum atomic E-state index is -0.259. The molecule has 0 aliphatic rings. The number of pyridine rings is 1. The van der Waals surface area contributed by atoms with Gasteiger partial charge in [-0.2, -0.15) is 0 Å². The van der Waals surface area contributed by atoms with Crippen molar-refractivity contribution in [1.82, 2.24) is 19.7 Å². The maximum atomic E-state index is 12.5. The average molecular weight is 436 g/mol. The van der Waals surface area contributed by atoms with E-state index in [9.17, 15) is 4.79 Å². The Labute approximate surface area is 183 Å². The van der Waals surface area contributed by atoms with Crippen molar-refractivity contribution in [2.24, 2.45) is 7.05 Å². The van der Waals surface area contributed by atoms with E-state index in [2.05, 4.69) is 20.5 Å². The number of aromatic nitrogens is 4. The summed E-state index contributed by atoms with van der Waals surface area (Å²) < 4.78 is 12.9. The van der Waals surface area contributed by atoms with Crippen LogP contribution in [0.2, 0.25) is 0 Å². The first-order valence-electron chi connectivity index (χ1n) is 9.54. The van der Waals surface area contributed by atoms with E-state index >= 15 is 0 Å². The maximum Gasteiger partial charge on any atom is 0.262 e. The molecule has 158 valence electrons. The van der Waals surface area contributed by atoms with Gasteiger partial charge in [0.2, 0.25) is 0 Å². The van der Waals surface area contributed by atoms with E-state index < -0.39 is 0 Å². The summed E-state index contributed by atoms with van der Waals surface area (Å²) in [5.74, 6) is 1.24. The Morgan fingerprint density at radius 2 is 2.00 bits per heavy atom. The number of amides is 1. The highest BCUT2D eigenvalue weighted by Crippen LogP contribution is 2.29. The van der Waals surface area contributed by atoms with Crippen LogP contribution < -0.4 is 14.8 Å². The molecule has 2 aromatic heterocycles. The second-order valence-electron chi connectivity index (χ2n) is 6.70. The lowest BCUT2D eigenvalue weighted by molar-refractivity contribution is -0.118. The van der Waals surface area contributed by atoms with E-state index in [-0.39, 0.29) is 12.5 Å². The van der Waals surface area contributed by atoms with Gasteiger partial charge in [-0.05, 0) is 11.5 Å². The summed E-state index contributed by atoms with van der Waals surface area (Å²) in [5, 5.41) is 13.6. The van der Waals surface area contributed by atoms with Crippen molar-refractivity contribution in [2.75, 3.05) is 19.0 Å². The first kappa shape index (κ1) is 20.7. The van der Waals surface area contributed by atoms with Crippen LogP contribution in [-0.4, -0.2) is 39.4 Å². The van der Waals surface area contributed by atoms with Crippen molar-refractivity contribution in [3.63, 3.8) is 0 Å². The highest BCUT2D eigenvalue weighted by molar-refractivity contribution is 7.98. The van der Waals surface area contributed by atoms with Crippen molar-refractivity contribution in [1.29, 1.82) is 0 Å². The number of carbonyl (C=O) groups excluding carboxylic acids is 1. The molecule has 0 aliphatic heterocycles. The van der Waals surface area contributed by atoms with E-state index in [0.717, 1.165) is 27.3 Å². The lowest BCUT2D eigenvalue weighted by Crippen LogP contribution is -2.20. The third-order valence-electron chi connectivity index (χ3n) is 4.55. The van der Waals surface area contributed by atoms with Crippen LogP contribution in [-0.2, 0) is 17.6 Å². The zero-order valence-electron chi connectivity index (χ0n) is 17.1. The molecule has 0 spiro atoms. The first-order chi connectivity index (χ1) is 15.1. The Morgan fingerprint density at radius 1 is 1.16 bits per heavy atom. The van der Waals surface area contributed by atoms with Crippen LogP contribution in [0.1, 0.15) is 5.69 Å². The first-order valence-corrected chi connectivity index (χ1v) is 10.5. The average Bonchev–Trinajstić information content (AvgIpc) is 3.21. The third kappa shape index (κ3) is 4.95.